The van der Waals surface area contributed by atoms with Crippen LogP contribution in [0.1, 0.15) is 57.8 Å². The molecule has 3 rings (SSSR count). The first-order valence-corrected chi connectivity index (χ1v) is 10.8. The summed E-state index contributed by atoms with van der Waals surface area (Å²) < 4.78 is 26.9. The van der Waals surface area contributed by atoms with Gasteiger partial charge >= 0.3 is 6.03 Å². The van der Waals surface area contributed by atoms with Crippen molar-refractivity contribution in [2.75, 3.05) is 25.0 Å². The molecule has 2 aliphatic rings. The SMILES string of the molecule is O=C(CCC1CCCC1)NCCC1CCN(C(=O)Nc2cc(F)ccc2F)CC1. The number of carbonyl (C=O) groups excluding carboxylic acids is 2. The Hall–Kier alpha value is -2.18. The summed E-state index contributed by atoms with van der Waals surface area (Å²) >= 11 is 0. The van der Waals surface area contributed by atoms with E-state index in [-0.39, 0.29) is 11.6 Å². The molecule has 160 valence electrons. The van der Waals surface area contributed by atoms with Gasteiger partial charge < -0.3 is 15.5 Å². The molecule has 1 aliphatic carbocycles. The van der Waals surface area contributed by atoms with Crippen LogP contribution < -0.4 is 10.6 Å². The average molecular weight is 408 g/mol. The lowest BCUT2D eigenvalue weighted by molar-refractivity contribution is -0.121. The van der Waals surface area contributed by atoms with Crippen molar-refractivity contribution in [3.05, 3.63) is 29.8 Å². The molecule has 1 aliphatic heterocycles. The number of urea groups is 1. The number of hydrogen-bond acceptors (Lipinski definition) is 2. The van der Waals surface area contributed by atoms with Crippen LogP contribution in [0.3, 0.4) is 0 Å². The van der Waals surface area contributed by atoms with Crippen LogP contribution >= 0.6 is 0 Å². The van der Waals surface area contributed by atoms with Crippen molar-refractivity contribution in [1.82, 2.24) is 10.2 Å². The molecular weight excluding hydrogens is 376 g/mol. The second kappa shape index (κ2) is 10.6. The van der Waals surface area contributed by atoms with E-state index in [2.05, 4.69) is 10.6 Å². The summed E-state index contributed by atoms with van der Waals surface area (Å²) in [6.07, 6.45) is 9.37. The number of halogens is 2. The molecule has 1 saturated heterocycles. The third kappa shape index (κ3) is 6.68. The molecule has 5 nitrogen and oxygen atoms in total. The number of nitrogens with one attached hydrogen (secondary N) is 2. The number of rotatable bonds is 7. The van der Waals surface area contributed by atoms with Crippen molar-refractivity contribution in [2.24, 2.45) is 11.8 Å². The highest BCUT2D eigenvalue weighted by atomic mass is 19.1. The Morgan fingerprint density at radius 1 is 1.00 bits per heavy atom. The highest BCUT2D eigenvalue weighted by molar-refractivity contribution is 5.89. The van der Waals surface area contributed by atoms with E-state index in [1.165, 1.54) is 25.7 Å². The number of hydrogen-bond donors (Lipinski definition) is 2. The molecule has 1 aromatic rings. The molecule has 1 aromatic carbocycles. The molecular formula is C22H31F2N3O2. The molecule has 0 spiro atoms. The predicted octanol–water partition coefficient (Wildman–Crippen LogP) is 4.69. The maximum absolute atomic E-state index is 13.7. The molecule has 0 atom stereocenters. The van der Waals surface area contributed by atoms with Crippen LogP contribution in [0, 0.1) is 23.5 Å². The van der Waals surface area contributed by atoms with Crippen molar-refractivity contribution < 1.29 is 18.4 Å². The molecule has 1 saturated carbocycles. The lowest BCUT2D eigenvalue weighted by Gasteiger charge is -2.32. The van der Waals surface area contributed by atoms with Crippen molar-refractivity contribution in [3.8, 4) is 0 Å². The van der Waals surface area contributed by atoms with Gasteiger partial charge in [0.15, 0.2) is 0 Å². The quantitative estimate of drug-likeness (QED) is 0.689. The van der Waals surface area contributed by atoms with Crippen molar-refractivity contribution in [1.29, 1.82) is 0 Å². The molecule has 0 radical (unpaired) electrons. The number of likely N-dealkylation sites (tertiary alicyclic amines) is 1. The molecule has 7 heteroatoms. The summed E-state index contributed by atoms with van der Waals surface area (Å²) in [6.45, 7) is 1.82. The molecule has 3 amide bonds. The standard InChI is InChI=1S/C22H31F2N3O2/c23-18-6-7-19(24)20(15-18)26-22(29)27-13-10-17(11-14-27)9-12-25-21(28)8-5-16-3-1-2-4-16/h6-7,15-17H,1-5,8-14H2,(H,25,28)(H,26,29). The number of anilines is 1. The summed E-state index contributed by atoms with van der Waals surface area (Å²) in [5.41, 5.74) is -0.141. The number of piperidine rings is 1. The first kappa shape index (κ1) is 21.5. The van der Waals surface area contributed by atoms with Gasteiger partial charge in [0, 0.05) is 32.1 Å². The van der Waals surface area contributed by atoms with E-state index in [0.717, 1.165) is 49.8 Å². The second-order valence-corrected chi connectivity index (χ2v) is 8.31. The van der Waals surface area contributed by atoms with Gasteiger partial charge in [0.1, 0.15) is 11.6 Å². The Morgan fingerprint density at radius 3 is 2.41 bits per heavy atom. The molecule has 0 unspecified atom stereocenters. The van der Waals surface area contributed by atoms with Crippen LogP contribution in [-0.4, -0.2) is 36.5 Å². The Morgan fingerprint density at radius 2 is 1.69 bits per heavy atom. The minimum Gasteiger partial charge on any atom is -0.356 e. The van der Waals surface area contributed by atoms with Gasteiger partial charge in [-0.15, -0.1) is 0 Å². The van der Waals surface area contributed by atoms with Crippen LogP contribution in [0.25, 0.3) is 0 Å². The molecule has 29 heavy (non-hydrogen) atoms. The summed E-state index contributed by atoms with van der Waals surface area (Å²) in [7, 11) is 0. The smallest absolute Gasteiger partial charge is 0.321 e. The van der Waals surface area contributed by atoms with E-state index < -0.39 is 17.7 Å². The minimum absolute atomic E-state index is 0.141. The van der Waals surface area contributed by atoms with E-state index in [9.17, 15) is 18.4 Å². The van der Waals surface area contributed by atoms with E-state index in [1.807, 2.05) is 0 Å². The summed E-state index contributed by atoms with van der Waals surface area (Å²) in [5.74, 6) is 0.0898. The first-order chi connectivity index (χ1) is 14.0. The summed E-state index contributed by atoms with van der Waals surface area (Å²) in [6, 6.07) is 2.59. The monoisotopic (exact) mass is 407 g/mol. The fourth-order valence-electron chi connectivity index (χ4n) is 4.35. The third-order valence-electron chi connectivity index (χ3n) is 6.20. The van der Waals surface area contributed by atoms with Gasteiger partial charge in [0.2, 0.25) is 5.91 Å². The van der Waals surface area contributed by atoms with E-state index >= 15 is 0 Å². The number of carbonyl (C=O) groups is 2. The third-order valence-corrected chi connectivity index (χ3v) is 6.20. The van der Waals surface area contributed by atoms with Crippen LogP contribution in [0.5, 0.6) is 0 Å². The zero-order valence-corrected chi connectivity index (χ0v) is 16.9. The first-order valence-electron chi connectivity index (χ1n) is 10.8. The summed E-state index contributed by atoms with van der Waals surface area (Å²) in [5, 5.41) is 5.47. The van der Waals surface area contributed by atoms with Gasteiger partial charge in [-0.25, -0.2) is 13.6 Å². The normalized spacial score (nSPS) is 18.1. The van der Waals surface area contributed by atoms with Gasteiger partial charge in [-0.1, -0.05) is 25.7 Å². The Labute approximate surface area is 171 Å². The van der Waals surface area contributed by atoms with E-state index in [4.69, 9.17) is 0 Å². The molecule has 0 aromatic heterocycles. The van der Waals surface area contributed by atoms with Crippen LogP contribution in [0.15, 0.2) is 18.2 Å². The molecule has 2 fully saturated rings. The van der Waals surface area contributed by atoms with Crippen LogP contribution in [0.2, 0.25) is 0 Å². The number of benzene rings is 1. The van der Waals surface area contributed by atoms with Crippen molar-refractivity contribution in [3.63, 3.8) is 0 Å². The molecule has 1 heterocycles. The maximum Gasteiger partial charge on any atom is 0.321 e. The zero-order chi connectivity index (χ0) is 20.6. The average Bonchev–Trinajstić information content (AvgIpc) is 3.23. The van der Waals surface area contributed by atoms with Gasteiger partial charge in [-0.2, -0.15) is 0 Å². The van der Waals surface area contributed by atoms with E-state index in [0.29, 0.717) is 32.0 Å². The molecule has 0 bridgehead atoms. The summed E-state index contributed by atoms with van der Waals surface area (Å²) in [4.78, 5) is 25.9. The fourth-order valence-corrected chi connectivity index (χ4v) is 4.35. The highest BCUT2D eigenvalue weighted by Gasteiger charge is 2.23. The van der Waals surface area contributed by atoms with Crippen LogP contribution in [0.4, 0.5) is 19.3 Å². The second-order valence-electron chi connectivity index (χ2n) is 8.31. The number of amides is 3. The van der Waals surface area contributed by atoms with Gasteiger partial charge in [0.25, 0.3) is 0 Å². The van der Waals surface area contributed by atoms with Gasteiger partial charge in [0.05, 0.1) is 5.69 Å². The maximum atomic E-state index is 13.7. The van der Waals surface area contributed by atoms with Gasteiger partial charge in [-0.05, 0) is 49.7 Å². The lowest BCUT2D eigenvalue weighted by Crippen LogP contribution is -2.41. The Balaban J connectivity index is 1.31. The Bertz CT molecular complexity index is 699. The fraction of sp³-hybridized carbons (Fsp3) is 0.636. The number of nitrogens with zero attached hydrogens (tertiary/aromatic N) is 1. The largest absolute Gasteiger partial charge is 0.356 e. The van der Waals surface area contributed by atoms with Crippen molar-refractivity contribution >= 4 is 17.6 Å². The van der Waals surface area contributed by atoms with Gasteiger partial charge in [-0.3, -0.25) is 4.79 Å². The lowest BCUT2D eigenvalue weighted by atomic mass is 9.93. The predicted molar refractivity (Wildman–Crippen MR) is 108 cm³/mol. The highest BCUT2D eigenvalue weighted by Crippen LogP contribution is 2.28. The molecule has 2 N–H and O–H groups in total. The zero-order valence-electron chi connectivity index (χ0n) is 16.9. The van der Waals surface area contributed by atoms with Crippen LogP contribution in [-0.2, 0) is 4.79 Å². The minimum atomic E-state index is -0.654. The Kier molecular flexibility index (Phi) is 7.83. The van der Waals surface area contributed by atoms with E-state index in [1.54, 1.807) is 4.90 Å². The topological polar surface area (TPSA) is 61.4 Å². The van der Waals surface area contributed by atoms with Crippen molar-refractivity contribution in [2.45, 2.75) is 57.8 Å².